The second-order valence-electron chi connectivity index (χ2n) is 8.92. The fraction of sp³-hybridized carbons (Fsp3) is 0.0690. The van der Waals surface area contributed by atoms with E-state index >= 15 is 0 Å². The zero-order valence-corrected chi connectivity index (χ0v) is 22.2. The Kier molecular flexibility index (Phi) is 8.36. The van der Waals surface area contributed by atoms with Crippen LogP contribution < -0.4 is 10.6 Å². The van der Waals surface area contributed by atoms with E-state index in [1.807, 2.05) is 36.4 Å². The van der Waals surface area contributed by atoms with Crippen molar-refractivity contribution in [2.45, 2.75) is 12.5 Å². The maximum absolute atomic E-state index is 13.2. The molecular weight excluding hydrogens is 544 g/mol. The van der Waals surface area contributed by atoms with Crippen molar-refractivity contribution in [2.24, 2.45) is 0 Å². The Hall–Kier alpha value is -5.42. The summed E-state index contributed by atoms with van der Waals surface area (Å²) >= 11 is 6.20. The second kappa shape index (κ2) is 12.6. The van der Waals surface area contributed by atoms with E-state index in [0.717, 1.165) is 16.7 Å². The summed E-state index contributed by atoms with van der Waals surface area (Å²) in [5.41, 5.74) is 4.93. The Morgan fingerprint density at radius 1 is 0.976 bits per heavy atom. The van der Waals surface area contributed by atoms with E-state index in [0.29, 0.717) is 34.1 Å². The third-order valence-electron chi connectivity index (χ3n) is 6.10. The first-order chi connectivity index (χ1) is 19.9. The van der Waals surface area contributed by atoms with Gasteiger partial charge in [-0.2, -0.15) is 14.9 Å². The Labute approximate surface area is 239 Å². The van der Waals surface area contributed by atoms with Gasteiger partial charge in [-0.3, -0.25) is 10.1 Å². The van der Waals surface area contributed by atoms with Gasteiger partial charge in [0, 0.05) is 27.9 Å². The number of halogens is 1. The topological polar surface area (TPSA) is 148 Å². The van der Waals surface area contributed by atoms with Crippen molar-refractivity contribution in [1.29, 1.82) is 0 Å². The lowest BCUT2D eigenvalue weighted by Gasteiger charge is -2.18. The van der Waals surface area contributed by atoms with E-state index in [9.17, 15) is 9.59 Å². The number of carbonyl (C=O) groups excluding carboxylic acids is 1. The summed E-state index contributed by atoms with van der Waals surface area (Å²) < 4.78 is 1.48. The number of aromatic nitrogens is 6. The summed E-state index contributed by atoms with van der Waals surface area (Å²) in [6, 6.07) is 23.2. The molecule has 0 aliphatic rings. The molecule has 5 aromatic rings. The predicted octanol–water partition coefficient (Wildman–Crippen LogP) is 4.98. The molecule has 204 valence electrons. The number of carbonyl (C=O) groups is 2. The fourth-order valence-electron chi connectivity index (χ4n) is 4.18. The van der Waals surface area contributed by atoms with E-state index < -0.39 is 12.1 Å². The summed E-state index contributed by atoms with van der Waals surface area (Å²) in [7, 11) is 0. The number of nitrogens with one attached hydrogen (secondary N) is 2. The Balaban J connectivity index is 1.40. The molecule has 2 heterocycles. The second-order valence-corrected chi connectivity index (χ2v) is 9.35. The van der Waals surface area contributed by atoms with Crippen molar-refractivity contribution in [3.63, 3.8) is 0 Å². The molecule has 41 heavy (non-hydrogen) atoms. The molecule has 1 unspecified atom stereocenters. The first-order valence-electron chi connectivity index (χ1n) is 12.4. The molecule has 0 aliphatic heterocycles. The van der Waals surface area contributed by atoms with Crippen molar-refractivity contribution < 1.29 is 14.7 Å². The molecule has 0 saturated carbocycles. The number of hydrogen-bond acceptors (Lipinski definition) is 7. The van der Waals surface area contributed by atoms with Crippen LogP contribution in [-0.4, -0.2) is 47.5 Å². The minimum atomic E-state index is -1.14. The smallest absolute Gasteiger partial charge is 0.409 e. The molecule has 0 bridgehead atoms. The predicted molar refractivity (Wildman–Crippen MR) is 153 cm³/mol. The number of carboxylic acid groups (broad SMARTS) is 1. The molecule has 0 radical (unpaired) electrons. The number of nitrogens with zero attached hydrogens (tertiary/aromatic N) is 6. The van der Waals surface area contributed by atoms with Crippen LogP contribution in [0.1, 0.15) is 22.9 Å². The third kappa shape index (κ3) is 7.16. The summed E-state index contributed by atoms with van der Waals surface area (Å²) in [5, 5.41) is 34.6. The normalized spacial score (nSPS) is 11.7. The Bertz CT molecular complexity index is 1680. The molecular formula is C29H23ClN8O3. The molecule has 2 amide bonds. The van der Waals surface area contributed by atoms with Crippen LogP contribution in [0.3, 0.4) is 0 Å². The van der Waals surface area contributed by atoms with Crippen molar-refractivity contribution >= 4 is 35.4 Å². The van der Waals surface area contributed by atoms with Crippen molar-refractivity contribution in [1.82, 2.24) is 35.7 Å². The first-order valence-corrected chi connectivity index (χ1v) is 12.8. The lowest BCUT2D eigenvalue weighted by molar-refractivity contribution is -0.117. The summed E-state index contributed by atoms with van der Waals surface area (Å²) in [4.78, 5) is 24.1. The lowest BCUT2D eigenvalue weighted by atomic mass is 10.00. The summed E-state index contributed by atoms with van der Waals surface area (Å²) in [6.45, 7) is 0. The van der Waals surface area contributed by atoms with Crippen LogP contribution in [0.15, 0.2) is 97.5 Å². The minimum absolute atomic E-state index is 0.343. The summed E-state index contributed by atoms with van der Waals surface area (Å²) in [5.74, 6) is -0.343. The zero-order chi connectivity index (χ0) is 28.6. The number of tetrazole rings is 1. The molecule has 3 N–H and O–H groups in total. The van der Waals surface area contributed by atoms with Crippen LogP contribution in [0, 0.1) is 0 Å². The highest BCUT2D eigenvalue weighted by atomic mass is 35.5. The fourth-order valence-corrected chi connectivity index (χ4v) is 4.37. The van der Waals surface area contributed by atoms with Gasteiger partial charge in [-0.05, 0) is 70.4 Å². The van der Waals surface area contributed by atoms with Gasteiger partial charge in [-0.15, -0.1) is 5.10 Å². The SMILES string of the molecule is O=C(O)Nc1ccc(-c2cnnc(C(Cc3ccccc3)NC(=O)C=Cc3cc(Cl)ccc3-n3cnnn3)c2)cc1. The summed E-state index contributed by atoms with van der Waals surface area (Å²) in [6.07, 6.45) is 5.48. The average molecular weight is 567 g/mol. The van der Waals surface area contributed by atoms with E-state index in [-0.39, 0.29) is 5.91 Å². The Morgan fingerprint density at radius 3 is 2.51 bits per heavy atom. The maximum Gasteiger partial charge on any atom is 0.409 e. The quantitative estimate of drug-likeness (QED) is 0.212. The minimum Gasteiger partial charge on any atom is -0.465 e. The molecule has 2 aromatic heterocycles. The number of anilines is 1. The van der Waals surface area contributed by atoms with Crippen LogP contribution >= 0.6 is 11.6 Å². The average Bonchev–Trinajstić information content (AvgIpc) is 3.51. The van der Waals surface area contributed by atoms with Crippen LogP contribution in [0.2, 0.25) is 5.02 Å². The van der Waals surface area contributed by atoms with E-state index in [1.54, 1.807) is 54.7 Å². The molecule has 12 heteroatoms. The van der Waals surface area contributed by atoms with Gasteiger partial charge in [0.25, 0.3) is 0 Å². The monoisotopic (exact) mass is 566 g/mol. The van der Waals surface area contributed by atoms with E-state index in [2.05, 4.69) is 36.4 Å². The molecule has 0 aliphatic carbocycles. The number of rotatable bonds is 9. The van der Waals surface area contributed by atoms with Gasteiger partial charge >= 0.3 is 6.09 Å². The molecule has 0 fully saturated rings. The molecule has 3 aromatic carbocycles. The van der Waals surface area contributed by atoms with E-state index in [1.165, 1.54) is 17.1 Å². The highest BCUT2D eigenvalue weighted by Crippen LogP contribution is 2.25. The van der Waals surface area contributed by atoms with Gasteiger partial charge < -0.3 is 10.4 Å². The van der Waals surface area contributed by atoms with Crippen LogP contribution in [0.4, 0.5) is 10.5 Å². The molecule has 0 spiro atoms. The lowest BCUT2D eigenvalue weighted by Crippen LogP contribution is -2.29. The van der Waals surface area contributed by atoms with Crippen molar-refractivity contribution in [2.75, 3.05) is 5.32 Å². The zero-order valence-electron chi connectivity index (χ0n) is 21.4. The van der Waals surface area contributed by atoms with Gasteiger partial charge in [0.15, 0.2) is 0 Å². The molecule has 0 saturated heterocycles. The van der Waals surface area contributed by atoms with Gasteiger partial charge in [-0.25, -0.2) is 4.79 Å². The van der Waals surface area contributed by atoms with Gasteiger partial charge in [0.05, 0.1) is 23.6 Å². The van der Waals surface area contributed by atoms with Crippen LogP contribution in [0.25, 0.3) is 22.9 Å². The largest absolute Gasteiger partial charge is 0.465 e. The van der Waals surface area contributed by atoms with Crippen molar-refractivity contribution in [3.8, 4) is 16.8 Å². The molecule has 5 rings (SSSR count). The standard InChI is InChI=1S/C29H23ClN8O3/c30-23-9-12-27(38-18-32-36-37-38)21(15-23)8-13-28(39)34-25(14-19-4-2-1-3-5-19)26-16-22(17-31-35-26)20-6-10-24(11-7-20)33-29(40)41/h1-13,15-18,25,33H,14H2,(H,34,39)(H,40,41). The van der Waals surface area contributed by atoms with Gasteiger partial charge in [0.2, 0.25) is 5.91 Å². The first kappa shape index (κ1) is 27.2. The third-order valence-corrected chi connectivity index (χ3v) is 6.33. The maximum atomic E-state index is 13.2. The Morgan fingerprint density at radius 2 is 1.78 bits per heavy atom. The van der Waals surface area contributed by atoms with Gasteiger partial charge in [-0.1, -0.05) is 54.1 Å². The molecule has 11 nitrogen and oxygen atoms in total. The van der Waals surface area contributed by atoms with Crippen LogP contribution in [0.5, 0.6) is 0 Å². The highest BCUT2D eigenvalue weighted by molar-refractivity contribution is 6.30. The van der Waals surface area contributed by atoms with Crippen molar-refractivity contribution in [3.05, 3.63) is 119 Å². The number of hydrogen-bond donors (Lipinski definition) is 3. The molecule has 1 atom stereocenters. The highest BCUT2D eigenvalue weighted by Gasteiger charge is 2.18. The number of benzene rings is 3. The van der Waals surface area contributed by atoms with Gasteiger partial charge in [0.1, 0.15) is 6.33 Å². The number of amides is 2. The van der Waals surface area contributed by atoms with Crippen LogP contribution in [-0.2, 0) is 11.2 Å². The van der Waals surface area contributed by atoms with E-state index in [4.69, 9.17) is 16.7 Å².